The Hall–Kier alpha value is -1.63. The summed E-state index contributed by atoms with van der Waals surface area (Å²) in [6, 6.07) is 0. The van der Waals surface area contributed by atoms with Crippen LogP contribution in [-0.2, 0) is 16.1 Å². The molecule has 1 aliphatic rings. The zero-order chi connectivity index (χ0) is 18.2. The normalized spacial score (nSPS) is 18.5. The minimum atomic E-state index is -0.0934. The van der Waals surface area contributed by atoms with Gasteiger partial charge < -0.3 is 15.0 Å². The van der Waals surface area contributed by atoms with E-state index in [1.807, 2.05) is 6.92 Å². The predicted molar refractivity (Wildman–Crippen MR) is 102 cm³/mol. The molecule has 1 N–H and O–H groups in total. The molecule has 0 spiro atoms. The summed E-state index contributed by atoms with van der Waals surface area (Å²) in [5, 5.41) is 6.58. The highest BCUT2D eigenvalue weighted by atomic mass is 32.1. The highest BCUT2D eigenvalue weighted by Gasteiger charge is 2.28. The molecule has 0 radical (unpaired) electrons. The quantitative estimate of drug-likeness (QED) is 0.476. The van der Waals surface area contributed by atoms with E-state index in [1.165, 1.54) is 0 Å². The number of aliphatic imine (C=N–C) groups is 1. The maximum Gasteiger partial charge on any atom is 0.310 e. The SMILES string of the molecule is CCNC(=NCc1csc(C(C)C)n1)N1CCCC(C(=O)OCC)C1. The van der Waals surface area contributed by atoms with Gasteiger partial charge in [0.05, 0.1) is 29.8 Å². The van der Waals surface area contributed by atoms with E-state index in [0.717, 1.165) is 42.6 Å². The zero-order valence-corrected chi connectivity index (χ0v) is 16.6. The summed E-state index contributed by atoms with van der Waals surface area (Å²) in [5.41, 5.74) is 1.00. The Morgan fingerprint density at radius 3 is 2.96 bits per heavy atom. The molecule has 0 saturated carbocycles. The molecule has 2 heterocycles. The molecule has 25 heavy (non-hydrogen) atoms. The molecule has 0 aliphatic carbocycles. The van der Waals surface area contributed by atoms with Gasteiger partial charge in [0.2, 0.25) is 0 Å². The first-order chi connectivity index (χ1) is 12.0. The molecule has 1 unspecified atom stereocenters. The van der Waals surface area contributed by atoms with Crippen LogP contribution in [0, 0.1) is 5.92 Å². The molecule has 0 aromatic carbocycles. The molecule has 1 atom stereocenters. The summed E-state index contributed by atoms with van der Waals surface area (Å²) >= 11 is 1.69. The topological polar surface area (TPSA) is 66.8 Å². The Morgan fingerprint density at radius 1 is 1.52 bits per heavy atom. The number of nitrogens with zero attached hydrogens (tertiary/aromatic N) is 3. The van der Waals surface area contributed by atoms with Gasteiger partial charge >= 0.3 is 5.97 Å². The van der Waals surface area contributed by atoms with E-state index in [2.05, 4.69) is 41.4 Å². The summed E-state index contributed by atoms with van der Waals surface area (Å²) in [5.74, 6) is 1.15. The molecule has 2 rings (SSSR count). The van der Waals surface area contributed by atoms with Crippen molar-refractivity contribution in [1.29, 1.82) is 0 Å². The average molecular weight is 367 g/mol. The van der Waals surface area contributed by atoms with Gasteiger partial charge in [0.25, 0.3) is 0 Å². The molecule has 7 heteroatoms. The number of ether oxygens (including phenoxy) is 1. The summed E-state index contributed by atoms with van der Waals surface area (Å²) in [4.78, 5) is 23.6. The van der Waals surface area contributed by atoms with Crippen molar-refractivity contribution in [2.24, 2.45) is 10.9 Å². The van der Waals surface area contributed by atoms with Crippen molar-refractivity contribution in [3.63, 3.8) is 0 Å². The number of rotatable bonds is 6. The van der Waals surface area contributed by atoms with Crippen LogP contribution in [0.1, 0.15) is 57.2 Å². The van der Waals surface area contributed by atoms with Crippen molar-refractivity contribution in [3.05, 3.63) is 16.1 Å². The lowest BCUT2D eigenvalue weighted by molar-refractivity contribution is -0.149. The number of carbonyl (C=O) groups excluding carboxylic acids is 1. The Bertz CT molecular complexity index is 585. The molecule has 1 aromatic rings. The van der Waals surface area contributed by atoms with Crippen LogP contribution in [0.15, 0.2) is 10.4 Å². The third kappa shape index (κ3) is 5.70. The van der Waals surface area contributed by atoms with Gasteiger partial charge in [0.15, 0.2) is 5.96 Å². The van der Waals surface area contributed by atoms with Gasteiger partial charge in [-0.25, -0.2) is 9.98 Å². The molecule has 6 nitrogen and oxygen atoms in total. The second-order valence-corrected chi connectivity index (χ2v) is 7.43. The van der Waals surface area contributed by atoms with Gasteiger partial charge in [-0.15, -0.1) is 11.3 Å². The van der Waals surface area contributed by atoms with Gasteiger partial charge in [0.1, 0.15) is 0 Å². The van der Waals surface area contributed by atoms with Crippen molar-refractivity contribution >= 4 is 23.3 Å². The third-order valence-corrected chi connectivity index (χ3v) is 5.32. The number of thiazole rings is 1. The number of guanidine groups is 1. The van der Waals surface area contributed by atoms with Gasteiger partial charge in [0, 0.05) is 30.9 Å². The number of aromatic nitrogens is 1. The number of esters is 1. The molecular weight excluding hydrogens is 336 g/mol. The number of hydrogen-bond acceptors (Lipinski definition) is 5. The number of likely N-dealkylation sites (tertiary alicyclic amines) is 1. The summed E-state index contributed by atoms with van der Waals surface area (Å²) < 4.78 is 5.19. The van der Waals surface area contributed by atoms with Crippen LogP contribution < -0.4 is 5.32 Å². The third-order valence-electron chi connectivity index (χ3n) is 4.13. The van der Waals surface area contributed by atoms with E-state index in [0.29, 0.717) is 25.6 Å². The summed E-state index contributed by atoms with van der Waals surface area (Å²) in [6.07, 6.45) is 1.86. The van der Waals surface area contributed by atoms with Crippen LogP contribution in [0.2, 0.25) is 0 Å². The standard InChI is InChI=1S/C18H30N4O2S/c1-5-19-18(20-10-15-12-25-16(21-15)13(3)4)22-9-7-8-14(11-22)17(23)24-6-2/h12-14H,5-11H2,1-4H3,(H,19,20). The van der Waals surface area contributed by atoms with Crippen molar-refractivity contribution < 1.29 is 9.53 Å². The largest absolute Gasteiger partial charge is 0.466 e. The minimum Gasteiger partial charge on any atom is -0.466 e. The monoisotopic (exact) mass is 366 g/mol. The maximum atomic E-state index is 12.1. The fraction of sp³-hybridized carbons (Fsp3) is 0.722. The van der Waals surface area contributed by atoms with Crippen molar-refractivity contribution in [3.8, 4) is 0 Å². The number of carbonyl (C=O) groups is 1. The van der Waals surface area contributed by atoms with Crippen molar-refractivity contribution in [2.75, 3.05) is 26.2 Å². The number of hydrogen-bond donors (Lipinski definition) is 1. The van der Waals surface area contributed by atoms with Gasteiger partial charge in [-0.05, 0) is 26.7 Å². The van der Waals surface area contributed by atoms with E-state index in [-0.39, 0.29) is 11.9 Å². The first-order valence-corrected chi connectivity index (χ1v) is 10.1. The highest BCUT2D eigenvalue weighted by molar-refractivity contribution is 7.09. The molecule has 1 aromatic heterocycles. The molecule has 0 bridgehead atoms. The predicted octanol–water partition coefficient (Wildman–Crippen LogP) is 3.01. The molecule has 1 saturated heterocycles. The first-order valence-electron chi connectivity index (χ1n) is 9.19. The number of nitrogens with one attached hydrogen (secondary N) is 1. The van der Waals surface area contributed by atoms with E-state index < -0.39 is 0 Å². The Labute approximate surface area is 154 Å². The Kier molecular flexibility index (Phi) is 7.68. The van der Waals surface area contributed by atoms with E-state index in [9.17, 15) is 4.79 Å². The molecule has 140 valence electrons. The van der Waals surface area contributed by atoms with E-state index >= 15 is 0 Å². The number of piperidine rings is 1. The smallest absolute Gasteiger partial charge is 0.310 e. The van der Waals surface area contributed by atoms with Crippen molar-refractivity contribution in [1.82, 2.24) is 15.2 Å². The fourth-order valence-corrected chi connectivity index (χ4v) is 3.69. The lowest BCUT2D eigenvalue weighted by Crippen LogP contribution is -2.48. The second kappa shape index (κ2) is 9.75. The van der Waals surface area contributed by atoms with Crippen LogP contribution >= 0.6 is 11.3 Å². The first kappa shape index (κ1) is 19.7. The van der Waals surface area contributed by atoms with Crippen LogP contribution in [0.4, 0.5) is 0 Å². The maximum absolute atomic E-state index is 12.1. The van der Waals surface area contributed by atoms with E-state index in [4.69, 9.17) is 9.73 Å². The van der Waals surface area contributed by atoms with Gasteiger partial charge in [-0.3, -0.25) is 4.79 Å². The second-order valence-electron chi connectivity index (χ2n) is 6.54. The van der Waals surface area contributed by atoms with Gasteiger partial charge in [-0.2, -0.15) is 0 Å². The van der Waals surface area contributed by atoms with Crippen LogP contribution in [0.3, 0.4) is 0 Å². The summed E-state index contributed by atoms with van der Waals surface area (Å²) in [7, 11) is 0. The minimum absolute atomic E-state index is 0.0654. The zero-order valence-electron chi connectivity index (χ0n) is 15.7. The molecule has 1 fully saturated rings. The molecule has 1 aliphatic heterocycles. The Balaban J connectivity index is 2.03. The Morgan fingerprint density at radius 2 is 2.32 bits per heavy atom. The van der Waals surface area contributed by atoms with Crippen LogP contribution in [0.25, 0.3) is 0 Å². The average Bonchev–Trinajstić information content (AvgIpc) is 3.08. The van der Waals surface area contributed by atoms with Crippen LogP contribution in [-0.4, -0.2) is 48.1 Å². The molecular formula is C18H30N4O2S. The molecule has 0 amide bonds. The lowest BCUT2D eigenvalue weighted by Gasteiger charge is -2.34. The van der Waals surface area contributed by atoms with Gasteiger partial charge in [-0.1, -0.05) is 13.8 Å². The van der Waals surface area contributed by atoms with Crippen molar-refractivity contribution in [2.45, 2.75) is 53.0 Å². The fourth-order valence-electron chi connectivity index (χ4n) is 2.86. The van der Waals surface area contributed by atoms with E-state index in [1.54, 1.807) is 11.3 Å². The highest BCUT2D eigenvalue weighted by Crippen LogP contribution is 2.20. The van der Waals surface area contributed by atoms with Crippen LogP contribution in [0.5, 0.6) is 0 Å². The summed E-state index contributed by atoms with van der Waals surface area (Å²) in [6.45, 7) is 11.6. The lowest BCUT2D eigenvalue weighted by atomic mass is 9.98.